The lowest BCUT2D eigenvalue weighted by Gasteiger charge is -2.15. The third kappa shape index (κ3) is 7.09. The van der Waals surface area contributed by atoms with E-state index in [1.165, 1.54) is 24.2 Å². The Morgan fingerprint density at radius 2 is 2.27 bits per heavy atom. The fourth-order valence-electron chi connectivity index (χ4n) is 2.28. The molecule has 124 valence electrons. The summed E-state index contributed by atoms with van der Waals surface area (Å²) in [6.07, 6.45) is 2.65. The molecular formula is C16H26IN3OS. The molecule has 1 atom stereocenters. The van der Waals surface area contributed by atoms with Gasteiger partial charge in [-0.25, -0.2) is 0 Å². The number of hydrogen-bond acceptors (Lipinski definition) is 3. The zero-order chi connectivity index (χ0) is 14.9. The summed E-state index contributed by atoms with van der Waals surface area (Å²) in [5.74, 6) is 3.07. The molecule has 1 unspecified atom stereocenters. The van der Waals surface area contributed by atoms with Crippen LogP contribution in [0.15, 0.2) is 29.3 Å². The number of aryl methyl sites for hydroxylation is 1. The topological polar surface area (TPSA) is 45.7 Å². The highest BCUT2D eigenvalue weighted by Gasteiger charge is 2.15. The highest BCUT2D eigenvalue weighted by molar-refractivity contribution is 14.0. The molecule has 1 aromatic carbocycles. The SMILES string of the molecule is CN=C(NCCOc1cccc(C)c1)NCC1CCCS1.I. The van der Waals surface area contributed by atoms with E-state index in [-0.39, 0.29) is 24.0 Å². The van der Waals surface area contributed by atoms with Crippen LogP contribution in [0.1, 0.15) is 18.4 Å². The molecule has 2 rings (SSSR count). The van der Waals surface area contributed by atoms with Gasteiger partial charge in [0.05, 0.1) is 6.54 Å². The van der Waals surface area contributed by atoms with Crippen molar-refractivity contribution >= 4 is 41.7 Å². The monoisotopic (exact) mass is 435 g/mol. The van der Waals surface area contributed by atoms with E-state index in [0.717, 1.165) is 30.0 Å². The third-order valence-corrected chi connectivity index (χ3v) is 4.80. The van der Waals surface area contributed by atoms with E-state index in [2.05, 4.69) is 40.4 Å². The first kappa shape index (κ1) is 19.4. The number of ether oxygens (including phenoxy) is 1. The van der Waals surface area contributed by atoms with Crippen LogP contribution < -0.4 is 15.4 Å². The first-order chi connectivity index (χ1) is 10.3. The Labute approximate surface area is 154 Å². The van der Waals surface area contributed by atoms with Crippen LogP contribution in [0.2, 0.25) is 0 Å². The van der Waals surface area contributed by atoms with Crippen LogP contribution in [-0.4, -0.2) is 43.7 Å². The second-order valence-corrected chi connectivity index (χ2v) is 6.59. The first-order valence-electron chi connectivity index (χ1n) is 7.53. The average molecular weight is 435 g/mol. The second kappa shape index (κ2) is 11.0. The maximum atomic E-state index is 5.71. The van der Waals surface area contributed by atoms with Crippen molar-refractivity contribution in [2.24, 2.45) is 4.99 Å². The number of hydrogen-bond donors (Lipinski definition) is 2. The number of nitrogens with one attached hydrogen (secondary N) is 2. The van der Waals surface area contributed by atoms with Crippen LogP contribution in [0.3, 0.4) is 0 Å². The van der Waals surface area contributed by atoms with E-state index in [0.29, 0.717) is 6.61 Å². The van der Waals surface area contributed by atoms with Crippen molar-refractivity contribution in [3.8, 4) is 5.75 Å². The number of benzene rings is 1. The van der Waals surface area contributed by atoms with Gasteiger partial charge >= 0.3 is 0 Å². The maximum Gasteiger partial charge on any atom is 0.191 e. The Morgan fingerprint density at radius 3 is 2.95 bits per heavy atom. The van der Waals surface area contributed by atoms with Crippen molar-refractivity contribution in [1.29, 1.82) is 0 Å². The Kier molecular flexibility index (Phi) is 9.70. The van der Waals surface area contributed by atoms with Crippen LogP contribution >= 0.6 is 35.7 Å². The van der Waals surface area contributed by atoms with Crippen LogP contribution in [0, 0.1) is 6.92 Å². The van der Waals surface area contributed by atoms with E-state index in [1.54, 1.807) is 7.05 Å². The predicted molar refractivity (Wildman–Crippen MR) is 107 cm³/mol. The van der Waals surface area contributed by atoms with Crippen LogP contribution in [0.5, 0.6) is 5.75 Å². The van der Waals surface area contributed by atoms with Crippen LogP contribution in [0.25, 0.3) is 0 Å². The van der Waals surface area contributed by atoms with Crippen LogP contribution in [0.4, 0.5) is 0 Å². The van der Waals surface area contributed by atoms with Gasteiger partial charge in [-0.2, -0.15) is 11.8 Å². The average Bonchev–Trinajstić information content (AvgIpc) is 3.00. The smallest absolute Gasteiger partial charge is 0.191 e. The Hall–Kier alpha value is -0.630. The minimum atomic E-state index is 0. The maximum absolute atomic E-state index is 5.71. The Morgan fingerprint density at radius 1 is 1.41 bits per heavy atom. The van der Waals surface area contributed by atoms with Gasteiger partial charge < -0.3 is 15.4 Å². The minimum absolute atomic E-state index is 0. The Balaban J connectivity index is 0.00000242. The lowest BCUT2D eigenvalue weighted by atomic mass is 10.2. The van der Waals surface area contributed by atoms with Crippen molar-refractivity contribution in [2.45, 2.75) is 25.0 Å². The molecule has 22 heavy (non-hydrogen) atoms. The van der Waals surface area contributed by atoms with Crippen molar-refractivity contribution in [3.63, 3.8) is 0 Å². The van der Waals surface area contributed by atoms with Gasteiger partial charge in [0.2, 0.25) is 0 Å². The summed E-state index contributed by atoms with van der Waals surface area (Å²) >= 11 is 2.05. The van der Waals surface area contributed by atoms with E-state index in [4.69, 9.17) is 4.74 Å². The van der Waals surface area contributed by atoms with Gasteiger partial charge in [0.1, 0.15) is 12.4 Å². The van der Waals surface area contributed by atoms with Gasteiger partial charge in [0.25, 0.3) is 0 Å². The number of guanidine groups is 1. The molecule has 0 aromatic heterocycles. The predicted octanol–water partition coefficient (Wildman–Crippen LogP) is 3.05. The first-order valence-corrected chi connectivity index (χ1v) is 8.58. The van der Waals surface area contributed by atoms with E-state index >= 15 is 0 Å². The molecule has 1 aliphatic rings. The number of aliphatic imine (C=N–C) groups is 1. The number of nitrogens with zero attached hydrogens (tertiary/aromatic N) is 1. The standard InChI is InChI=1S/C16H25N3OS.HI/c1-13-5-3-6-14(11-13)20-9-8-18-16(17-2)19-12-15-7-4-10-21-15;/h3,5-6,11,15H,4,7-10,12H2,1-2H3,(H2,17,18,19);1H. The van der Waals surface area contributed by atoms with Gasteiger partial charge in [-0.15, -0.1) is 24.0 Å². The molecule has 1 heterocycles. The molecule has 0 radical (unpaired) electrons. The molecule has 0 aliphatic carbocycles. The highest BCUT2D eigenvalue weighted by Crippen LogP contribution is 2.25. The zero-order valence-corrected chi connectivity index (χ0v) is 16.4. The molecule has 0 bridgehead atoms. The molecule has 2 N–H and O–H groups in total. The van der Waals surface area contributed by atoms with Gasteiger partial charge in [0.15, 0.2) is 5.96 Å². The molecule has 1 aromatic rings. The lowest BCUT2D eigenvalue weighted by Crippen LogP contribution is -2.41. The Bertz CT molecular complexity index is 464. The van der Waals surface area contributed by atoms with E-state index < -0.39 is 0 Å². The zero-order valence-electron chi connectivity index (χ0n) is 13.3. The van der Waals surface area contributed by atoms with Crippen molar-refractivity contribution in [2.75, 3.05) is 32.5 Å². The summed E-state index contributed by atoms with van der Waals surface area (Å²) in [6.45, 7) is 4.43. The van der Waals surface area contributed by atoms with Gasteiger partial charge in [-0.1, -0.05) is 12.1 Å². The molecule has 6 heteroatoms. The molecule has 1 aliphatic heterocycles. The molecule has 1 fully saturated rings. The lowest BCUT2D eigenvalue weighted by molar-refractivity contribution is 0.321. The second-order valence-electron chi connectivity index (χ2n) is 5.18. The van der Waals surface area contributed by atoms with Crippen molar-refractivity contribution in [3.05, 3.63) is 29.8 Å². The largest absolute Gasteiger partial charge is 0.492 e. The fraction of sp³-hybridized carbons (Fsp3) is 0.562. The number of rotatable bonds is 6. The normalized spacial score (nSPS) is 17.7. The molecule has 0 saturated carbocycles. The number of thioether (sulfide) groups is 1. The summed E-state index contributed by atoms with van der Waals surface area (Å²) < 4.78 is 5.71. The fourth-order valence-corrected chi connectivity index (χ4v) is 3.48. The van der Waals surface area contributed by atoms with Gasteiger partial charge in [-0.05, 0) is 43.2 Å². The van der Waals surface area contributed by atoms with Crippen molar-refractivity contribution in [1.82, 2.24) is 10.6 Å². The van der Waals surface area contributed by atoms with Crippen molar-refractivity contribution < 1.29 is 4.74 Å². The van der Waals surface area contributed by atoms with E-state index in [9.17, 15) is 0 Å². The summed E-state index contributed by atoms with van der Waals surface area (Å²) in [7, 11) is 1.80. The number of halogens is 1. The van der Waals surface area contributed by atoms with Gasteiger partial charge in [0, 0.05) is 18.8 Å². The molecule has 0 amide bonds. The summed E-state index contributed by atoms with van der Waals surface area (Å²) in [5, 5.41) is 7.39. The molecule has 0 spiro atoms. The highest BCUT2D eigenvalue weighted by atomic mass is 127. The third-order valence-electron chi connectivity index (χ3n) is 3.40. The molecule has 4 nitrogen and oxygen atoms in total. The molecular weight excluding hydrogens is 409 g/mol. The van der Waals surface area contributed by atoms with Crippen LogP contribution in [-0.2, 0) is 0 Å². The quantitative estimate of drug-likeness (QED) is 0.312. The summed E-state index contributed by atoms with van der Waals surface area (Å²) in [4.78, 5) is 4.24. The summed E-state index contributed by atoms with van der Waals surface area (Å²) in [5.41, 5.74) is 1.21. The van der Waals surface area contributed by atoms with E-state index in [1.807, 2.05) is 18.2 Å². The molecule has 1 saturated heterocycles. The van der Waals surface area contributed by atoms with Gasteiger partial charge in [-0.3, -0.25) is 4.99 Å². The summed E-state index contributed by atoms with van der Waals surface area (Å²) in [6, 6.07) is 8.11. The minimum Gasteiger partial charge on any atom is -0.492 e.